The van der Waals surface area contributed by atoms with Crippen LogP contribution in [0, 0.1) is 46.8 Å². The molecule has 0 N–H and O–H groups in total. The van der Waals surface area contributed by atoms with E-state index in [2.05, 4.69) is 33.8 Å². The topological polar surface area (TPSA) is 0 Å². The van der Waals surface area contributed by atoms with Crippen LogP contribution >= 0.6 is 0 Å². The lowest BCUT2D eigenvalue weighted by molar-refractivity contribution is -0.0578. The van der Waals surface area contributed by atoms with Crippen molar-refractivity contribution in [2.45, 2.75) is 79.1 Å². The van der Waals surface area contributed by atoms with E-state index in [0.29, 0.717) is 5.41 Å². The van der Waals surface area contributed by atoms with Crippen LogP contribution in [0.2, 0.25) is 0 Å². The molecule has 4 rings (SSSR count). The fourth-order valence-electron chi connectivity index (χ4n) is 7.59. The predicted octanol–water partition coefficient (Wildman–Crippen LogP) is 6.47. The van der Waals surface area contributed by atoms with Crippen LogP contribution < -0.4 is 0 Å². The first-order chi connectivity index (χ1) is 10.5. The highest BCUT2D eigenvalue weighted by Gasteiger charge is 2.55. The Balaban J connectivity index is 1.58. The van der Waals surface area contributed by atoms with E-state index in [1.165, 1.54) is 32.1 Å². The van der Waals surface area contributed by atoms with Crippen LogP contribution in [0.5, 0.6) is 0 Å². The van der Waals surface area contributed by atoms with E-state index in [4.69, 9.17) is 0 Å². The van der Waals surface area contributed by atoms with E-state index in [9.17, 15) is 0 Å². The van der Waals surface area contributed by atoms with Crippen LogP contribution in [0.1, 0.15) is 79.1 Å². The molecule has 0 aromatic rings. The van der Waals surface area contributed by atoms with E-state index in [1.54, 1.807) is 19.3 Å². The van der Waals surface area contributed by atoms with Crippen molar-refractivity contribution in [3.05, 3.63) is 11.6 Å². The Labute approximate surface area is 138 Å². The smallest absolute Gasteiger partial charge is 0.00853 e. The average molecular weight is 301 g/mol. The molecule has 0 aliphatic heterocycles. The number of allylic oxidation sites excluding steroid dienone is 2. The maximum atomic E-state index is 2.62. The van der Waals surface area contributed by atoms with Crippen molar-refractivity contribution in [2.24, 2.45) is 46.8 Å². The van der Waals surface area contributed by atoms with Gasteiger partial charge in [-0.15, -0.1) is 0 Å². The maximum absolute atomic E-state index is 2.62. The van der Waals surface area contributed by atoms with Crippen molar-refractivity contribution in [3.63, 3.8) is 0 Å². The highest BCUT2D eigenvalue weighted by molar-refractivity contribution is 5.23. The third kappa shape index (κ3) is 2.08. The maximum Gasteiger partial charge on any atom is -0.00853 e. The molecular formula is C22H36. The first-order valence-electron chi connectivity index (χ1n) is 10.2. The lowest BCUT2D eigenvalue weighted by Gasteiger charge is -2.56. The molecule has 0 radical (unpaired) electrons. The highest BCUT2D eigenvalue weighted by Crippen LogP contribution is 2.64. The molecule has 0 spiro atoms. The summed E-state index contributed by atoms with van der Waals surface area (Å²) in [6.45, 7) is 9.95. The summed E-state index contributed by atoms with van der Waals surface area (Å²) in [5.41, 5.74) is 2.39. The summed E-state index contributed by atoms with van der Waals surface area (Å²) in [6.07, 6.45) is 14.6. The Morgan fingerprint density at radius 1 is 0.909 bits per heavy atom. The van der Waals surface area contributed by atoms with Crippen molar-refractivity contribution in [1.82, 2.24) is 0 Å². The van der Waals surface area contributed by atoms with Crippen molar-refractivity contribution in [1.29, 1.82) is 0 Å². The molecule has 0 amide bonds. The Morgan fingerprint density at radius 2 is 1.68 bits per heavy atom. The molecule has 8 unspecified atom stereocenters. The number of hydrogen-bond donors (Lipinski definition) is 0. The van der Waals surface area contributed by atoms with Crippen molar-refractivity contribution in [3.8, 4) is 0 Å². The fraction of sp³-hybridized carbons (Fsp3) is 0.909. The molecule has 4 fully saturated rings. The Morgan fingerprint density at radius 3 is 2.45 bits per heavy atom. The van der Waals surface area contributed by atoms with Crippen LogP contribution in [0.4, 0.5) is 0 Å². The molecular weight excluding hydrogens is 264 g/mol. The van der Waals surface area contributed by atoms with Crippen molar-refractivity contribution < 1.29 is 0 Å². The molecule has 8 atom stereocenters. The van der Waals surface area contributed by atoms with Gasteiger partial charge in [0.2, 0.25) is 0 Å². The van der Waals surface area contributed by atoms with E-state index in [0.717, 1.165) is 41.4 Å². The van der Waals surface area contributed by atoms with Gasteiger partial charge in [0, 0.05) is 0 Å². The van der Waals surface area contributed by atoms with Crippen LogP contribution in [-0.2, 0) is 0 Å². The van der Waals surface area contributed by atoms with E-state index in [-0.39, 0.29) is 0 Å². The molecule has 0 aromatic heterocycles. The molecule has 0 saturated heterocycles. The van der Waals surface area contributed by atoms with Gasteiger partial charge in [-0.1, -0.05) is 32.4 Å². The minimum absolute atomic E-state index is 0.580. The van der Waals surface area contributed by atoms with Gasteiger partial charge < -0.3 is 0 Å². The van der Waals surface area contributed by atoms with E-state index >= 15 is 0 Å². The van der Waals surface area contributed by atoms with Gasteiger partial charge in [0.05, 0.1) is 0 Å². The third-order valence-corrected chi connectivity index (χ3v) is 9.00. The molecule has 0 nitrogen and oxygen atoms in total. The standard InChI is InChI=1S/C22H36/c1-5-17-7-9-21-19-8-6-16-12-14(2)15(3)13-20(16)18(19)10-11-22(17,21)4/h5,14-16,18-21H,6-13H2,1-4H3/b17-5-. The van der Waals surface area contributed by atoms with E-state index < -0.39 is 0 Å². The summed E-state index contributed by atoms with van der Waals surface area (Å²) < 4.78 is 0. The molecule has 4 aliphatic carbocycles. The lowest BCUT2D eigenvalue weighted by atomic mass is 9.49. The molecule has 0 heterocycles. The average Bonchev–Trinajstić information content (AvgIpc) is 2.85. The second-order valence-corrected chi connectivity index (χ2v) is 9.67. The quantitative estimate of drug-likeness (QED) is 0.450. The van der Waals surface area contributed by atoms with Crippen molar-refractivity contribution in [2.75, 3.05) is 0 Å². The lowest BCUT2D eigenvalue weighted by Crippen LogP contribution is -2.48. The van der Waals surface area contributed by atoms with E-state index in [1.807, 2.05) is 5.57 Å². The van der Waals surface area contributed by atoms with Gasteiger partial charge in [-0.2, -0.15) is 0 Å². The molecule has 22 heavy (non-hydrogen) atoms. The molecule has 0 heteroatoms. The van der Waals surface area contributed by atoms with Gasteiger partial charge in [0.1, 0.15) is 0 Å². The molecule has 4 saturated carbocycles. The first-order valence-corrected chi connectivity index (χ1v) is 10.2. The minimum atomic E-state index is 0.580. The Hall–Kier alpha value is -0.260. The summed E-state index contributed by atoms with van der Waals surface area (Å²) >= 11 is 0. The zero-order chi connectivity index (χ0) is 15.5. The van der Waals surface area contributed by atoms with Gasteiger partial charge in [-0.3, -0.25) is 0 Å². The number of rotatable bonds is 0. The summed E-state index contributed by atoms with van der Waals surface area (Å²) in [6, 6.07) is 0. The molecule has 124 valence electrons. The summed E-state index contributed by atoms with van der Waals surface area (Å²) in [5, 5.41) is 0. The molecule has 0 aromatic carbocycles. The molecule has 0 bridgehead atoms. The van der Waals surface area contributed by atoms with Gasteiger partial charge in [0.25, 0.3) is 0 Å². The number of fused-ring (bicyclic) bond motifs is 5. The second-order valence-electron chi connectivity index (χ2n) is 9.67. The summed E-state index contributed by atoms with van der Waals surface area (Å²) in [7, 11) is 0. The second kappa shape index (κ2) is 5.38. The summed E-state index contributed by atoms with van der Waals surface area (Å²) in [4.78, 5) is 0. The van der Waals surface area contributed by atoms with Crippen LogP contribution in [0.3, 0.4) is 0 Å². The SMILES string of the molecule is C/C=C1/CCC2C3CCC4CC(C)C(C)CC4C3CCC12C. The van der Waals surface area contributed by atoms with Gasteiger partial charge in [-0.05, 0) is 105 Å². The van der Waals surface area contributed by atoms with Crippen LogP contribution in [0.25, 0.3) is 0 Å². The Bertz CT molecular complexity index is 461. The van der Waals surface area contributed by atoms with Crippen LogP contribution in [0.15, 0.2) is 11.6 Å². The first kappa shape index (κ1) is 15.3. The van der Waals surface area contributed by atoms with Crippen molar-refractivity contribution >= 4 is 0 Å². The third-order valence-electron chi connectivity index (χ3n) is 9.00. The molecule has 4 aliphatic rings. The fourth-order valence-corrected chi connectivity index (χ4v) is 7.59. The Kier molecular flexibility index (Phi) is 3.74. The summed E-state index contributed by atoms with van der Waals surface area (Å²) in [5.74, 6) is 7.30. The monoisotopic (exact) mass is 300 g/mol. The zero-order valence-corrected chi connectivity index (χ0v) is 15.3. The van der Waals surface area contributed by atoms with Gasteiger partial charge >= 0.3 is 0 Å². The zero-order valence-electron chi connectivity index (χ0n) is 15.3. The highest BCUT2D eigenvalue weighted by atomic mass is 14.6. The van der Waals surface area contributed by atoms with Gasteiger partial charge in [-0.25, -0.2) is 0 Å². The van der Waals surface area contributed by atoms with Gasteiger partial charge in [0.15, 0.2) is 0 Å². The predicted molar refractivity (Wildman–Crippen MR) is 94.6 cm³/mol. The largest absolute Gasteiger partial charge is 0.0879 e. The normalized spacial score (nSPS) is 56.4. The number of hydrogen-bond acceptors (Lipinski definition) is 0. The minimum Gasteiger partial charge on any atom is -0.0879 e. The van der Waals surface area contributed by atoms with Crippen LogP contribution in [-0.4, -0.2) is 0 Å².